The molecule has 1 aromatic carbocycles. The molecule has 6 nitrogen and oxygen atoms in total. The van der Waals surface area contributed by atoms with Crippen LogP contribution in [0.2, 0.25) is 0 Å². The largest absolute Gasteiger partial charge is 0.486 e. The number of aromatic nitrogens is 1. The topological polar surface area (TPSA) is 55.7 Å². The van der Waals surface area contributed by atoms with Crippen LogP contribution in [0.15, 0.2) is 36.7 Å². The van der Waals surface area contributed by atoms with Crippen molar-refractivity contribution in [2.45, 2.75) is 13.5 Å². The van der Waals surface area contributed by atoms with Crippen LogP contribution < -0.4 is 14.8 Å². The lowest BCUT2D eigenvalue weighted by Gasteiger charge is -2.21. The summed E-state index contributed by atoms with van der Waals surface area (Å²) in [6.07, 6.45) is 4.08. The number of hydrogen-bond acceptors (Lipinski definition) is 4. The second-order valence-electron chi connectivity index (χ2n) is 5.90. The van der Waals surface area contributed by atoms with Gasteiger partial charge in [-0.3, -0.25) is 9.69 Å². The minimum absolute atomic E-state index is 0.0375. The standard InChI is InChI=1S/C18H23N3O3/c1-3-21(12-14-6-7-20(2)11-14)13-18(22)19-15-4-5-16-17(10-15)24-9-8-23-16/h4-7,10-11H,3,8-9,12-13H2,1-2H3,(H,19,22). The molecule has 0 radical (unpaired) electrons. The van der Waals surface area contributed by atoms with Crippen molar-refractivity contribution in [1.82, 2.24) is 9.47 Å². The van der Waals surface area contributed by atoms with Crippen LogP contribution in [0.5, 0.6) is 11.5 Å². The van der Waals surface area contributed by atoms with Crippen molar-refractivity contribution in [3.63, 3.8) is 0 Å². The molecule has 0 bridgehead atoms. The van der Waals surface area contributed by atoms with E-state index in [9.17, 15) is 4.79 Å². The zero-order chi connectivity index (χ0) is 16.9. The SMILES string of the molecule is CCN(CC(=O)Nc1ccc2c(c1)OCCO2)Cc1ccn(C)c1. The van der Waals surface area contributed by atoms with E-state index in [4.69, 9.17) is 9.47 Å². The van der Waals surface area contributed by atoms with Crippen LogP contribution in [-0.2, 0) is 18.4 Å². The highest BCUT2D eigenvalue weighted by Crippen LogP contribution is 2.32. The number of rotatable bonds is 6. The van der Waals surface area contributed by atoms with Gasteiger partial charge in [-0.15, -0.1) is 0 Å². The van der Waals surface area contributed by atoms with Crippen molar-refractivity contribution in [2.75, 3.05) is 31.6 Å². The smallest absolute Gasteiger partial charge is 0.238 e. The number of amides is 1. The first kappa shape index (κ1) is 16.4. The average molecular weight is 329 g/mol. The number of likely N-dealkylation sites (N-methyl/N-ethyl adjacent to an activating group) is 1. The lowest BCUT2D eigenvalue weighted by Crippen LogP contribution is -2.32. The Balaban J connectivity index is 1.57. The first-order valence-electron chi connectivity index (χ1n) is 8.16. The average Bonchev–Trinajstić information content (AvgIpc) is 2.99. The number of benzene rings is 1. The van der Waals surface area contributed by atoms with E-state index in [0.717, 1.165) is 24.5 Å². The Morgan fingerprint density at radius 3 is 2.75 bits per heavy atom. The number of hydrogen-bond donors (Lipinski definition) is 1. The van der Waals surface area contributed by atoms with Gasteiger partial charge in [0.15, 0.2) is 11.5 Å². The summed E-state index contributed by atoms with van der Waals surface area (Å²) >= 11 is 0. The number of carbonyl (C=O) groups is 1. The Kier molecular flexibility index (Phi) is 5.05. The van der Waals surface area contributed by atoms with E-state index in [0.29, 0.717) is 25.5 Å². The van der Waals surface area contributed by atoms with Gasteiger partial charge in [-0.2, -0.15) is 0 Å². The molecule has 0 saturated carbocycles. The summed E-state index contributed by atoms with van der Waals surface area (Å²) in [5, 5.41) is 2.93. The van der Waals surface area contributed by atoms with Gasteiger partial charge in [-0.05, 0) is 30.3 Å². The molecule has 1 amide bonds. The Labute approximate surface area is 142 Å². The lowest BCUT2D eigenvalue weighted by atomic mass is 10.2. The maximum absolute atomic E-state index is 12.3. The van der Waals surface area contributed by atoms with Crippen molar-refractivity contribution >= 4 is 11.6 Å². The van der Waals surface area contributed by atoms with Gasteiger partial charge in [0.25, 0.3) is 0 Å². The van der Waals surface area contributed by atoms with E-state index in [-0.39, 0.29) is 5.91 Å². The van der Waals surface area contributed by atoms with E-state index in [1.807, 2.05) is 29.9 Å². The molecule has 24 heavy (non-hydrogen) atoms. The molecule has 128 valence electrons. The second-order valence-corrected chi connectivity index (χ2v) is 5.90. The fourth-order valence-corrected chi connectivity index (χ4v) is 2.72. The minimum Gasteiger partial charge on any atom is -0.486 e. The van der Waals surface area contributed by atoms with Crippen LogP contribution in [0.4, 0.5) is 5.69 Å². The number of carbonyl (C=O) groups excluding carboxylic acids is 1. The third-order valence-electron chi connectivity index (χ3n) is 3.94. The summed E-state index contributed by atoms with van der Waals surface area (Å²) < 4.78 is 13.0. The second kappa shape index (κ2) is 7.40. The summed E-state index contributed by atoms with van der Waals surface area (Å²) in [5.41, 5.74) is 1.92. The normalized spacial score (nSPS) is 13.1. The Morgan fingerprint density at radius 2 is 2.04 bits per heavy atom. The van der Waals surface area contributed by atoms with E-state index in [1.165, 1.54) is 5.56 Å². The van der Waals surface area contributed by atoms with Crippen LogP contribution in [0.25, 0.3) is 0 Å². The predicted octanol–water partition coefficient (Wildman–Crippen LogP) is 2.26. The fraction of sp³-hybridized carbons (Fsp3) is 0.389. The van der Waals surface area contributed by atoms with Crippen molar-refractivity contribution in [3.8, 4) is 11.5 Å². The first-order valence-corrected chi connectivity index (χ1v) is 8.16. The monoisotopic (exact) mass is 329 g/mol. The van der Waals surface area contributed by atoms with Gasteiger partial charge < -0.3 is 19.4 Å². The maximum Gasteiger partial charge on any atom is 0.238 e. The summed E-state index contributed by atoms with van der Waals surface area (Å²) in [7, 11) is 1.99. The lowest BCUT2D eigenvalue weighted by molar-refractivity contribution is -0.117. The Hall–Kier alpha value is -2.47. The molecule has 1 aliphatic rings. The zero-order valence-electron chi connectivity index (χ0n) is 14.1. The van der Waals surface area contributed by atoms with Crippen LogP contribution in [-0.4, -0.2) is 41.7 Å². The molecule has 0 saturated heterocycles. The van der Waals surface area contributed by atoms with Gasteiger partial charge >= 0.3 is 0 Å². The summed E-state index contributed by atoms with van der Waals surface area (Å²) in [6.45, 7) is 5.06. The molecular formula is C18H23N3O3. The summed E-state index contributed by atoms with van der Waals surface area (Å²) in [6, 6.07) is 7.53. The highest BCUT2D eigenvalue weighted by molar-refractivity contribution is 5.92. The number of fused-ring (bicyclic) bond motifs is 1. The van der Waals surface area contributed by atoms with E-state index in [1.54, 1.807) is 6.07 Å². The highest BCUT2D eigenvalue weighted by atomic mass is 16.6. The van der Waals surface area contributed by atoms with Gasteiger partial charge in [-0.1, -0.05) is 6.92 Å². The summed E-state index contributed by atoms with van der Waals surface area (Å²) in [4.78, 5) is 14.4. The van der Waals surface area contributed by atoms with E-state index >= 15 is 0 Å². The number of nitrogens with zero attached hydrogens (tertiary/aromatic N) is 2. The molecule has 0 fully saturated rings. The molecule has 3 rings (SSSR count). The van der Waals surface area contributed by atoms with Crippen LogP contribution in [0, 0.1) is 0 Å². The van der Waals surface area contributed by atoms with Crippen LogP contribution >= 0.6 is 0 Å². The van der Waals surface area contributed by atoms with Gasteiger partial charge in [0.2, 0.25) is 5.91 Å². The quantitative estimate of drug-likeness (QED) is 0.883. The Morgan fingerprint density at radius 1 is 1.25 bits per heavy atom. The molecule has 1 aliphatic heterocycles. The van der Waals surface area contributed by atoms with Gasteiger partial charge in [0.05, 0.1) is 6.54 Å². The van der Waals surface area contributed by atoms with Gasteiger partial charge in [-0.25, -0.2) is 0 Å². The minimum atomic E-state index is -0.0375. The first-order chi connectivity index (χ1) is 11.6. The van der Waals surface area contributed by atoms with Crippen LogP contribution in [0.1, 0.15) is 12.5 Å². The molecular weight excluding hydrogens is 306 g/mol. The van der Waals surface area contributed by atoms with Crippen molar-refractivity contribution in [2.24, 2.45) is 7.05 Å². The van der Waals surface area contributed by atoms with Crippen molar-refractivity contribution in [1.29, 1.82) is 0 Å². The fourth-order valence-electron chi connectivity index (χ4n) is 2.72. The Bertz CT molecular complexity index is 711. The van der Waals surface area contributed by atoms with Crippen molar-refractivity contribution in [3.05, 3.63) is 42.2 Å². The van der Waals surface area contributed by atoms with E-state index < -0.39 is 0 Å². The van der Waals surface area contributed by atoms with Crippen molar-refractivity contribution < 1.29 is 14.3 Å². The molecule has 6 heteroatoms. The molecule has 2 aromatic rings. The number of aryl methyl sites for hydroxylation is 1. The number of anilines is 1. The highest BCUT2D eigenvalue weighted by Gasteiger charge is 2.14. The molecule has 0 aliphatic carbocycles. The summed E-state index contributed by atoms with van der Waals surface area (Å²) in [5.74, 6) is 1.36. The van der Waals surface area contributed by atoms with Gasteiger partial charge in [0.1, 0.15) is 13.2 Å². The molecule has 1 N–H and O–H groups in total. The maximum atomic E-state index is 12.3. The number of ether oxygens (including phenoxy) is 2. The third-order valence-corrected chi connectivity index (χ3v) is 3.94. The molecule has 0 atom stereocenters. The molecule has 0 spiro atoms. The van der Waals surface area contributed by atoms with Crippen LogP contribution in [0.3, 0.4) is 0 Å². The predicted molar refractivity (Wildman–Crippen MR) is 92.4 cm³/mol. The zero-order valence-corrected chi connectivity index (χ0v) is 14.1. The molecule has 1 aromatic heterocycles. The third kappa shape index (κ3) is 4.08. The molecule has 2 heterocycles. The molecule has 0 unspecified atom stereocenters. The van der Waals surface area contributed by atoms with Gasteiger partial charge in [0, 0.05) is 37.7 Å². The van der Waals surface area contributed by atoms with E-state index in [2.05, 4.69) is 29.4 Å². The number of nitrogens with one attached hydrogen (secondary N) is 1.